The molecule has 0 fully saturated rings. The fourth-order valence-electron chi connectivity index (χ4n) is 1.73. The predicted molar refractivity (Wildman–Crippen MR) is 82.1 cm³/mol. The quantitative estimate of drug-likeness (QED) is 0.615. The van der Waals surface area contributed by atoms with E-state index in [1.54, 1.807) is 6.07 Å². The Hall–Kier alpha value is -2.62. The molecule has 0 saturated heterocycles. The molecular weight excluding hydrogens is 268 g/mol. The molecule has 0 aliphatic carbocycles. The van der Waals surface area contributed by atoms with Gasteiger partial charge in [-0.05, 0) is 35.8 Å². The molecule has 0 amide bonds. The number of hydrogen-bond donors (Lipinski definition) is 0. The molecule has 1 aromatic rings. The van der Waals surface area contributed by atoms with Gasteiger partial charge in [0.05, 0.1) is 25.3 Å². The molecule has 0 aromatic heterocycles. The van der Waals surface area contributed by atoms with Crippen molar-refractivity contribution in [1.82, 2.24) is 0 Å². The summed E-state index contributed by atoms with van der Waals surface area (Å²) in [6.45, 7) is 13.5. The highest BCUT2D eigenvalue weighted by Crippen LogP contribution is 2.26. The summed E-state index contributed by atoms with van der Waals surface area (Å²) in [5, 5.41) is 0. The second-order valence-corrected chi connectivity index (χ2v) is 4.48. The Kier molecular flexibility index (Phi) is 5.24. The summed E-state index contributed by atoms with van der Waals surface area (Å²) in [5.41, 5.74) is 3.01. The second-order valence-electron chi connectivity index (χ2n) is 4.48. The number of esters is 2. The van der Waals surface area contributed by atoms with Crippen molar-refractivity contribution in [2.75, 3.05) is 14.2 Å². The van der Waals surface area contributed by atoms with E-state index >= 15 is 0 Å². The Labute approximate surface area is 124 Å². The number of benzene rings is 1. The van der Waals surface area contributed by atoms with Crippen LogP contribution in [0, 0.1) is 0 Å². The lowest BCUT2D eigenvalue weighted by Gasteiger charge is -2.12. The van der Waals surface area contributed by atoms with E-state index in [1.165, 1.54) is 26.4 Å². The number of methoxy groups -OCH3 is 2. The van der Waals surface area contributed by atoms with Gasteiger partial charge in [-0.25, -0.2) is 9.59 Å². The Balaban J connectivity index is 3.37. The average molecular weight is 286 g/mol. The fourth-order valence-corrected chi connectivity index (χ4v) is 1.73. The lowest BCUT2D eigenvalue weighted by Crippen LogP contribution is -2.12. The maximum atomic E-state index is 11.8. The Morgan fingerprint density at radius 2 is 1.48 bits per heavy atom. The number of allylic oxidation sites excluding steroid dienone is 3. The highest BCUT2D eigenvalue weighted by atomic mass is 16.5. The molecule has 0 heterocycles. The van der Waals surface area contributed by atoms with E-state index in [0.717, 1.165) is 5.57 Å². The van der Waals surface area contributed by atoms with Crippen LogP contribution in [0.1, 0.15) is 33.2 Å². The number of ether oxygens (including phenoxy) is 2. The standard InChI is InChI=1S/C17H18O4/c1-10(2)11(3)12(4)13-7-8-14(16(18)20-5)15(9-13)17(19)21-6/h7-9H,1,3-4H2,2,5-6H3. The van der Waals surface area contributed by atoms with Crippen LogP contribution in [0.3, 0.4) is 0 Å². The van der Waals surface area contributed by atoms with Gasteiger partial charge in [-0.2, -0.15) is 0 Å². The molecule has 0 bridgehead atoms. The molecule has 1 rings (SSSR count). The molecule has 21 heavy (non-hydrogen) atoms. The molecule has 0 saturated carbocycles. The zero-order valence-corrected chi connectivity index (χ0v) is 12.5. The second kappa shape index (κ2) is 6.70. The van der Waals surface area contributed by atoms with Crippen molar-refractivity contribution in [2.45, 2.75) is 6.92 Å². The van der Waals surface area contributed by atoms with Crippen molar-refractivity contribution in [3.05, 3.63) is 65.8 Å². The molecule has 0 radical (unpaired) electrons. The van der Waals surface area contributed by atoms with Crippen LogP contribution in [0.5, 0.6) is 0 Å². The number of carbonyl (C=O) groups is 2. The fraction of sp³-hybridized carbons (Fsp3) is 0.176. The minimum Gasteiger partial charge on any atom is -0.465 e. The van der Waals surface area contributed by atoms with E-state index < -0.39 is 11.9 Å². The van der Waals surface area contributed by atoms with Crippen LogP contribution in [0.25, 0.3) is 5.57 Å². The van der Waals surface area contributed by atoms with Crippen LogP contribution in [0.15, 0.2) is 49.1 Å². The van der Waals surface area contributed by atoms with Gasteiger partial charge in [-0.1, -0.05) is 31.4 Å². The minimum absolute atomic E-state index is 0.123. The van der Waals surface area contributed by atoms with Crippen molar-refractivity contribution in [1.29, 1.82) is 0 Å². The van der Waals surface area contributed by atoms with E-state index in [0.29, 0.717) is 16.7 Å². The minimum atomic E-state index is -0.619. The van der Waals surface area contributed by atoms with Crippen molar-refractivity contribution in [2.24, 2.45) is 0 Å². The van der Waals surface area contributed by atoms with Gasteiger partial charge in [0.25, 0.3) is 0 Å². The summed E-state index contributed by atoms with van der Waals surface area (Å²) in [6, 6.07) is 4.72. The van der Waals surface area contributed by atoms with Crippen LogP contribution < -0.4 is 0 Å². The van der Waals surface area contributed by atoms with E-state index in [9.17, 15) is 9.59 Å². The van der Waals surface area contributed by atoms with Gasteiger partial charge < -0.3 is 9.47 Å². The van der Waals surface area contributed by atoms with Gasteiger partial charge in [-0.15, -0.1) is 0 Å². The van der Waals surface area contributed by atoms with Crippen LogP contribution >= 0.6 is 0 Å². The number of carbonyl (C=O) groups excluding carboxylic acids is 2. The summed E-state index contributed by atoms with van der Waals surface area (Å²) >= 11 is 0. The Morgan fingerprint density at radius 1 is 0.952 bits per heavy atom. The van der Waals surface area contributed by atoms with Gasteiger partial charge >= 0.3 is 11.9 Å². The van der Waals surface area contributed by atoms with E-state index in [4.69, 9.17) is 4.74 Å². The van der Waals surface area contributed by atoms with E-state index in [2.05, 4.69) is 24.5 Å². The van der Waals surface area contributed by atoms with Gasteiger partial charge in [0, 0.05) is 0 Å². The van der Waals surface area contributed by atoms with Gasteiger partial charge in [0.1, 0.15) is 0 Å². The highest BCUT2D eigenvalue weighted by Gasteiger charge is 2.19. The summed E-state index contributed by atoms with van der Waals surface area (Å²) in [4.78, 5) is 23.5. The molecular formula is C17H18O4. The maximum absolute atomic E-state index is 11.8. The Morgan fingerprint density at radius 3 is 1.95 bits per heavy atom. The highest BCUT2D eigenvalue weighted by molar-refractivity contribution is 6.04. The summed E-state index contributed by atoms with van der Waals surface area (Å²) in [7, 11) is 2.50. The van der Waals surface area contributed by atoms with E-state index in [-0.39, 0.29) is 11.1 Å². The monoisotopic (exact) mass is 286 g/mol. The normalized spacial score (nSPS) is 9.67. The molecule has 0 spiro atoms. The largest absolute Gasteiger partial charge is 0.465 e. The molecule has 1 aromatic carbocycles. The van der Waals surface area contributed by atoms with Crippen molar-refractivity contribution in [3.63, 3.8) is 0 Å². The van der Waals surface area contributed by atoms with Crippen LogP contribution in [0.4, 0.5) is 0 Å². The molecule has 0 unspecified atom stereocenters. The summed E-state index contributed by atoms with van der Waals surface area (Å²) in [6.07, 6.45) is 0. The number of rotatable bonds is 5. The number of hydrogen-bond acceptors (Lipinski definition) is 4. The van der Waals surface area contributed by atoms with Crippen LogP contribution in [0.2, 0.25) is 0 Å². The molecule has 0 aliphatic heterocycles. The lowest BCUT2D eigenvalue weighted by atomic mass is 9.93. The topological polar surface area (TPSA) is 52.6 Å². The molecule has 110 valence electrons. The summed E-state index contributed by atoms with van der Waals surface area (Å²) in [5.74, 6) is -1.22. The van der Waals surface area contributed by atoms with Gasteiger partial charge in [0.2, 0.25) is 0 Å². The van der Waals surface area contributed by atoms with Gasteiger partial charge in [-0.3, -0.25) is 0 Å². The first-order valence-corrected chi connectivity index (χ1v) is 6.18. The zero-order valence-electron chi connectivity index (χ0n) is 12.5. The van der Waals surface area contributed by atoms with Crippen molar-refractivity contribution >= 4 is 17.5 Å². The third-order valence-electron chi connectivity index (χ3n) is 3.06. The summed E-state index contributed by atoms with van der Waals surface area (Å²) < 4.78 is 9.35. The average Bonchev–Trinajstić information content (AvgIpc) is 2.51. The van der Waals surface area contributed by atoms with Crippen molar-refractivity contribution < 1.29 is 19.1 Å². The first kappa shape index (κ1) is 16.4. The predicted octanol–water partition coefficient (Wildman–Crippen LogP) is 3.41. The first-order chi connectivity index (χ1) is 9.83. The van der Waals surface area contributed by atoms with Crippen LogP contribution in [-0.4, -0.2) is 26.2 Å². The molecule has 4 heteroatoms. The first-order valence-electron chi connectivity index (χ1n) is 6.18. The molecule has 4 nitrogen and oxygen atoms in total. The lowest BCUT2D eigenvalue weighted by molar-refractivity contribution is 0.0555. The van der Waals surface area contributed by atoms with Gasteiger partial charge in [0.15, 0.2) is 0 Å². The smallest absolute Gasteiger partial charge is 0.338 e. The maximum Gasteiger partial charge on any atom is 0.338 e. The zero-order chi connectivity index (χ0) is 16.2. The third kappa shape index (κ3) is 3.48. The Bertz CT molecular complexity index is 638. The molecule has 0 atom stereocenters. The van der Waals surface area contributed by atoms with Crippen molar-refractivity contribution in [3.8, 4) is 0 Å². The third-order valence-corrected chi connectivity index (χ3v) is 3.06. The molecule has 0 aliphatic rings. The molecule has 0 N–H and O–H groups in total. The SMILES string of the molecule is C=C(C)C(=C)C(=C)c1ccc(C(=O)OC)c(C(=O)OC)c1. The van der Waals surface area contributed by atoms with E-state index in [1.807, 2.05) is 6.92 Å². The van der Waals surface area contributed by atoms with Crippen LogP contribution in [-0.2, 0) is 9.47 Å².